The van der Waals surface area contributed by atoms with Gasteiger partial charge in [0.1, 0.15) is 0 Å². The van der Waals surface area contributed by atoms with Gasteiger partial charge in [0, 0.05) is 19.6 Å². The van der Waals surface area contributed by atoms with Crippen LogP contribution in [-0.2, 0) is 6.61 Å². The number of nitrogens with zero attached hydrogens (tertiary/aromatic N) is 2. The van der Waals surface area contributed by atoms with Crippen molar-refractivity contribution in [1.29, 1.82) is 0 Å². The summed E-state index contributed by atoms with van der Waals surface area (Å²) in [5.74, 6) is 0. The minimum Gasteiger partial charge on any atom is -0.390 e. The lowest BCUT2D eigenvalue weighted by atomic mass is 10.3. The second kappa shape index (κ2) is 5.00. The largest absolute Gasteiger partial charge is 0.390 e. The van der Waals surface area contributed by atoms with Gasteiger partial charge in [0.15, 0.2) is 0 Å². The molecule has 3 nitrogen and oxygen atoms in total. The highest BCUT2D eigenvalue weighted by atomic mass is 79.9. The molecule has 1 N–H and O–H groups in total. The standard InChI is InChI=1S/C10H7Br3N2O/c11-6-3-8(12)10(9(13)4-6)15-2-1-7(5-16)14-15/h1-4,16H,5H2. The minimum absolute atomic E-state index is 0.0568. The zero-order chi connectivity index (χ0) is 11.7. The first kappa shape index (κ1) is 12.3. The molecule has 1 aromatic carbocycles. The van der Waals surface area contributed by atoms with Crippen molar-refractivity contribution in [1.82, 2.24) is 9.78 Å². The Morgan fingerprint density at radius 2 is 1.81 bits per heavy atom. The van der Waals surface area contributed by atoms with Crippen LogP contribution < -0.4 is 0 Å². The third kappa shape index (κ3) is 2.40. The van der Waals surface area contributed by atoms with Gasteiger partial charge in [0.05, 0.1) is 18.0 Å². The highest BCUT2D eigenvalue weighted by Crippen LogP contribution is 2.32. The van der Waals surface area contributed by atoms with Crippen molar-refractivity contribution in [3.8, 4) is 5.69 Å². The Labute approximate surface area is 118 Å². The van der Waals surface area contributed by atoms with Crippen LogP contribution in [0.4, 0.5) is 0 Å². The van der Waals surface area contributed by atoms with E-state index >= 15 is 0 Å². The summed E-state index contributed by atoms with van der Waals surface area (Å²) in [6, 6.07) is 5.67. The van der Waals surface area contributed by atoms with Crippen LogP contribution in [0.3, 0.4) is 0 Å². The Morgan fingerprint density at radius 3 is 2.31 bits per heavy atom. The maximum Gasteiger partial charge on any atom is 0.0930 e. The van der Waals surface area contributed by atoms with Crippen LogP contribution in [0.15, 0.2) is 37.8 Å². The van der Waals surface area contributed by atoms with Crippen LogP contribution in [0.25, 0.3) is 5.69 Å². The SMILES string of the molecule is OCc1ccn(-c2c(Br)cc(Br)cc2Br)n1. The molecule has 1 aromatic heterocycles. The zero-order valence-electron chi connectivity index (χ0n) is 7.99. The Kier molecular flexibility index (Phi) is 3.84. The highest BCUT2D eigenvalue weighted by Gasteiger charge is 2.10. The fourth-order valence-corrected chi connectivity index (χ4v) is 3.95. The van der Waals surface area contributed by atoms with Crippen LogP contribution in [0.2, 0.25) is 0 Å². The van der Waals surface area contributed by atoms with E-state index in [1.54, 1.807) is 10.7 Å². The summed E-state index contributed by atoms with van der Waals surface area (Å²) in [6.07, 6.45) is 1.81. The Balaban J connectivity index is 2.55. The molecule has 1 heterocycles. The number of halogens is 3. The Morgan fingerprint density at radius 1 is 1.19 bits per heavy atom. The van der Waals surface area contributed by atoms with Gasteiger partial charge in [-0.2, -0.15) is 5.10 Å². The summed E-state index contributed by atoms with van der Waals surface area (Å²) in [6.45, 7) is -0.0568. The van der Waals surface area contributed by atoms with Gasteiger partial charge in [0.25, 0.3) is 0 Å². The van der Waals surface area contributed by atoms with Gasteiger partial charge in [-0.15, -0.1) is 0 Å². The molecule has 0 saturated carbocycles. The molecule has 0 bridgehead atoms. The van der Waals surface area contributed by atoms with Crippen molar-refractivity contribution >= 4 is 47.8 Å². The number of aromatic nitrogens is 2. The fraction of sp³-hybridized carbons (Fsp3) is 0.100. The van der Waals surface area contributed by atoms with Crippen LogP contribution in [0, 0.1) is 0 Å². The van der Waals surface area contributed by atoms with E-state index in [1.165, 1.54) is 0 Å². The van der Waals surface area contributed by atoms with Gasteiger partial charge < -0.3 is 5.11 Å². The lowest BCUT2D eigenvalue weighted by Crippen LogP contribution is -1.98. The summed E-state index contributed by atoms with van der Waals surface area (Å²) in [5.41, 5.74) is 1.55. The number of benzene rings is 1. The second-order valence-electron chi connectivity index (χ2n) is 3.13. The van der Waals surface area contributed by atoms with Crippen molar-refractivity contribution in [3.05, 3.63) is 43.5 Å². The molecule has 0 aliphatic rings. The smallest absolute Gasteiger partial charge is 0.0930 e. The van der Waals surface area contributed by atoms with Crippen molar-refractivity contribution in [2.45, 2.75) is 6.61 Å². The topological polar surface area (TPSA) is 38.0 Å². The predicted octanol–water partition coefficient (Wildman–Crippen LogP) is 3.65. The van der Waals surface area contributed by atoms with Crippen LogP contribution in [-0.4, -0.2) is 14.9 Å². The summed E-state index contributed by atoms with van der Waals surface area (Å²) in [4.78, 5) is 0. The molecule has 0 saturated heterocycles. The van der Waals surface area contributed by atoms with E-state index in [0.717, 1.165) is 19.1 Å². The van der Waals surface area contributed by atoms with Crippen molar-refractivity contribution < 1.29 is 5.11 Å². The lowest BCUT2D eigenvalue weighted by Gasteiger charge is -2.08. The van der Waals surface area contributed by atoms with E-state index in [4.69, 9.17) is 5.11 Å². The lowest BCUT2D eigenvalue weighted by molar-refractivity contribution is 0.276. The van der Waals surface area contributed by atoms with E-state index in [-0.39, 0.29) is 6.61 Å². The summed E-state index contributed by atoms with van der Waals surface area (Å²) in [5, 5.41) is 13.2. The molecule has 0 fully saturated rings. The molecule has 2 aromatic rings. The minimum atomic E-state index is -0.0568. The summed E-state index contributed by atoms with van der Waals surface area (Å²) >= 11 is 10.4. The number of aliphatic hydroxyl groups is 1. The molecular weight excluding hydrogens is 404 g/mol. The van der Waals surface area contributed by atoms with Gasteiger partial charge >= 0.3 is 0 Å². The predicted molar refractivity (Wildman–Crippen MR) is 72.6 cm³/mol. The first-order valence-corrected chi connectivity index (χ1v) is 6.80. The molecule has 0 atom stereocenters. The first-order chi connectivity index (χ1) is 7.61. The van der Waals surface area contributed by atoms with Crippen LogP contribution >= 0.6 is 47.8 Å². The molecular formula is C10H7Br3N2O. The van der Waals surface area contributed by atoms with E-state index < -0.39 is 0 Å². The number of hydrogen-bond acceptors (Lipinski definition) is 2. The van der Waals surface area contributed by atoms with Gasteiger partial charge in [-0.3, -0.25) is 0 Å². The Bertz CT molecular complexity index is 502. The van der Waals surface area contributed by atoms with E-state index in [1.807, 2.05) is 18.3 Å². The van der Waals surface area contributed by atoms with E-state index in [0.29, 0.717) is 5.69 Å². The van der Waals surface area contributed by atoms with Gasteiger partial charge in [0.2, 0.25) is 0 Å². The normalized spacial score (nSPS) is 10.8. The molecule has 6 heteroatoms. The molecule has 0 amide bonds. The van der Waals surface area contributed by atoms with Crippen molar-refractivity contribution in [2.24, 2.45) is 0 Å². The quantitative estimate of drug-likeness (QED) is 0.820. The van der Waals surface area contributed by atoms with E-state index in [9.17, 15) is 0 Å². The molecule has 84 valence electrons. The average Bonchev–Trinajstić information content (AvgIpc) is 2.64. The van der Waals surface area contributed by atoms with Crippen molar-refractivity contribution in [3.63, 3.8) is 0 Å². The fourth-order valence-electron chi connectivity index (χ4n) is 1.32. The molecule has 0 unspecified atom stereocenters. The molecule has 16 heavy (non-hydrogen) atoms. The molecule has 2 rings (SSSR count). The highest BCUT2D eigenvalue weighted by molar-refractivity contribution is 9.11. The number of rotatable bonds is 2. The monoisotopic (exact) mass is 408 g/mol. The molecule has 0 aliphatic carbocycles. The Hall–Kier alpha value is -0.170. The van der Waals surface area contributed by atoms with E-state index in [2.05, 4.69) is 52.9 Å². The molecule has 0 radical (unpaired) electrons. The molecule has 0 aliphatic heterocycles. The second-order valence-corrected chi connectivity index (χ2v) is 5.75. The maximum absolute atomic E-state index is 8.97. The average molecular weight is 411 g/mol. The summed E-state index contributed by atoms with van der Waals surface area (Å²) < 4.78 is 4.53. The van der Waals surface area contributed by atoms with Gasteiger partial charge in [-0.05, 0) is 50.1 Å². The zero-order valence-corrected chi connectivity index (χ0v) is 12.8. The number of hydrogen-bond donors (Lipinski definition) is 1. The van der Waals surface area contributed by atoms with Crippen LogP contribution in [0.5, 0.6) is 0 Å². The van der Waals surface area contributed by atoms with Gasteiger partial charge in [-0.1, -0.05) is 15.9 Å². The number of aliphatic hydroxyl groups excluding tert-OH is 1. The third-order valence-corrected chi connectivity index (χ3v) is 3.68. The molecule has 0 spiro atoms. The third-order valence-electron chi connectivity index (χ3n) is 2.02. The van der Waals surface area contributed by atoms with Gasteiger partial charge in [-0.25, -0.2) is 4.68 Å². The first-order valence-electron chi connectivity index (χ1n) is 4.42. The summed E-state index contributed by atoms with van der Waals surface area (Å²) in [7, 11) is 0. The van der Waals surface area contributed by atoms with Crippen LogP contribution in [0.1, 0.15) is 5.69 Å². The maximum atomic E-state index is 8.97. The van der Waals surface area contributed by atoms with Crippen molar-refractivity contribution in [2.75, 3.05) is 0 Å².